The Hall–Kier alpha value is -2.60. The molecule has 4 rings (SSSR count). The van der Waals surface area contributed by atoms with E-state index in [2.05, 4.69) is 0 Å². The lowest BCUT2D eigenvalue weighted by atomic mass is 10.0. The number of phenols is 2. The Morgan fingerprint density at radius 3 is 2.45 bits per heavy atom. The van der Waals surface area contributed by atoms with Gasteiger partial charge in [-0.1, -0.05) is 0 Å². The zero-order valence-electron chi connectivity index (χ0n) is 11.8. The molecule has 0 aromatic heterocycles. The quantitative estimate of drug-likeness (QED) is 0.848. The van der Waals surface area contributed by atoms with Crippen molar-refractivity contribution >= 4 is 0 Å². The van der Waals surface area contributed by atoms with Crippen molar-refractivity contribution in [3.05, 3.63) is 41.5 Å². The summed E-state index contributed by atoms with van der Waals surface area (Å²) in [6.07, 6.45) is -0.519. The maximum Gasteiger partial charge on any atom is 0.231 e. The number of aromatic hydroxyl groups is 2. The first kappa shape index (κ1) is 13.1. The number of benzene rings is 2. The fourth-order valence-electron chi connectivity index (χ4n) is 2.70. The Morgan fingerprint density at radius 2 is 1.73 bits per heavy atom. The zero-order chi connectivity index (χ0) is 15.3. The Kier molecular flexibility index (Phi) is 2.80. The number of methoxy groups -OCH3 is 1. The number of hydrogen-bond acceptors (Lipinski definition) is 6. The van der Waals surface area contributed by atoms with E-state index in [1.807, 2.05) is 6.07 Å². The van der Waals surface area contributed by atoms with E-state index in [9.17, 15) is 10.2 Å². The molecule has 1 fully saturated rings. The molecule has 6 heteroatoms. The van der Waals surface area contributed by atoms with E-state index >= 15 is 0 Å². The minimum atomic E-state index is -0.283. The van der Waals surface area contributed by atoms with Crippen molar-refractivity contribution in [3.63, 3.8) is 0 Å². The molecule has 2 aromatic carbocycles. The topological polar surface area (TPSA) is 80.7 Å². The van der Waals surface area contributed by atoms with Crippen molar-refractivity contribution in [2.24, 2.45) is 0 Å². The monoisotopic (exact) mass is 302 g/mol. The molecule has 2 aromatic rings. The van der Waals surface area contributed by atoms with Crippen molar-refractivity contribution in [1.82, 2.24) is 0 Å². The van der Waals surface area contributed by atoms with Crippen LogP contribution in [0.15, 0.2) is 30.3 Å². The lowest BCUT2D eigenvalue weighted by Gasteiger charge is -2.08. The number of hydrogen-bond donors (Lipinski definition) is 2. The summed E-state index contributed by atoms with van der Waals surface area (Å²) >= 11 is 0. The minimum Gasteiger partial charge on any atom is -0.508 e. The predicted octanol–water partition coefficient (Wildman–Crippen LogP) is 2.65. The Bertz CT molecular complexity index is 742. The molecule has 2 aliphatic heterocycles. The van der Waals surface area contributed by atoms with Gasteiger partial charge in [-0.15, -0.1) is 0 Å². The van der Waals surface area contributed by atoms with Gasteiger partial charge < -0.3 is 29.2 Å². The van der Waals surface area contributed by atoms with E-state index in [0.717, 1.165) is 5.56 Å². The van der Waals surface area contributed by atoms with Crippen molar-refractivity contribution in [2.45, 2.75) is 12.2 Å². The molecule has 0 spiro atoms. The molecule has 0 bridgehead atoms. The van der Waals surface area contributed by atoms with Crippen molar-refractivity contribution in [1.29, 1.82) is 0 Å². The second kappa shape index (κ2) is 4.71. The molecule has 2 unspecified atom stereocenters. The summed E-state index contributed by atoms with van der Waals surface area (Å²) in [5.74, 6) is 1.96. The van der Waals surface area contributed by atoms with E-state index in [0.29, 0.717) is 22.8 Å². The summed E-state index contributed by atoms with van der Waals surface area (Å²) in [5, 5.41) is 19.3. The molecular weight excluding hydrogens is 288 g/mol. The number of phenolic OH excluding ortho intramolecular Hbond substituents is 2. The molecule has 2 heterocycles. The fraction of sp³-hybridized carbons (Fsp3) is 0.250. The highest BCUT2D eigenvalue weighted by Crippen LogP contribution is 2.57. The molecule has 0 aliphatic carbocycles. The van der Waals surface area contributed by atoms with Gasteiger partial charge in [0.25, 0.3) is 0 Å². The van der Waals surface area contributed by atoms with Gasteiger partial charge in [0.2, 0.25) is 6.79 Å². The van der Waals surface area contributed by atoms with Crippen molar-refractivity contribution in [3.8, 4) is 28.7 Å². The summed E-state index contributed by atoms with van der Waals surface area (Å²) in [6.45, 7) is 0.190. The Labute approximate surface area is 126 Å². The standard InChI is InChI=1S/C16H14O6/c1-19-12-6-14-13(20-7-21-14)5-10(12)16-15(22-16)9-3-2-8(17)4-11(9)18/h2-6,15-18H,7H2,1H3. The molecule has 2 aliphatic rings. The number of rotatable bonds is 3. The first-order chi connectivity index (χ1) is 10.7. The summed E-state index contributed by atoms with van der Waals surface area (Å²) in [7, 11) is 1.58. The molecule has 2 N–H and O–H groups in total. The normalized spacial score (nSPS) is 21.7. The zero-order valence-corrected chi connectivity index (χ0v) is 11.8. The smallest absolute Gasteiger partial charge is 0.231 e. The molecule has 1 saturated heterocycles. The predicted molar refractivity (Wildman–Crippen MR) is 75.5 cm³/mol. The number of ether oxygens (including phenoxy) is 4. The highest BCUT2D eigenvalue weighted by molar-refractivity contribution is 5.54. The van der Waals surface area contributed by atoms with Crippen LogP contribution in [0, 0.1) is 0 Å². The molecule has 22 heavy (non-hydrogen) atoms. The van der Waals surface area contributed by atoms with Crippen LogP contribution in [0.1, 0.15) is 23.3 Å². The van der Waals surface area contributed by atoms with E-state index < -0.39 is 0 Å². The van der Waals surface area contributed by atoms with Crippen molar-refractivity contribution < 1.29 is 29.2 Å². The lowest BCUT2D eigenvalue weighted by Crippen LogP contribution is -1.93. The van der Waals surface area contributed by atoms with E-state index in [4.69, 9.17) is 18.9 Å². The number of epoxide rings is 1. The summed E-state index contributed by atoms with van der Waals surface area (Å²) in [6, 6.07) is 8.07. The van der Waals surface area contributed by atoms with Gasteiger partial charge in [-0.05, 0) is 18.2 Å². The van der Waals surface area contributed by atoms with Crippen LogP contribution in [0.4, 0.5) is 0 Å². The summed E-state index contributed by atoms with van der Waals surface area (Å²) < 4.78 is 21.8. The third-order valence-electron chi connectivity index (χ3n) is 3.84. The van der Waals surface area contributed by atoms with E-state index in [1.54, 1.807) is 19.2 Å². The SMILES string of the molecule is COc1cc2c(cc1C1OC1c1ccc(O)cc1O)OCO2. The molecule has 6 nitrogen and oxygen atoms in total. The van der Waals surface area contributed by atoms with Gasteiger partial charge in [0.15, 0.2) is 11.5 Å². The van der Waals surface area contributed by atoms with Crippen LogP contribution in [-0.2, 0) is 4.74 Å². The van der Waals surface area contributed by atoms with Gasteiger partial charge >= 0.3 is 0 Å². The average Bonchev–Trinajstić information content (AvgIpc) is 3.15. The molecule has 0 amide bonds. The summed E-state index contributed by atoms with van der Waals surface area (Å²) in [4.78, 5) is 0. The molecule has 0 saturated carbocycles. The van der Waals surface area contributed by atoms with Crippen LogP contribution in [0.25, 0.3) is 0 Å². The minimum absolute atomic E-state index is 0.00668. The highest BCUT2D eigenvalue weighted by atomic mass is 16.7. The van der Waals surface area contributed by atoms with Crippen LogP contribution < -0.4 is 14.2 Å². The van der Waals surface area contributed by atoms with Gasteiger partial charge in [-0.3, -0.25) is 0 Å². The lowest BCUT2D eigenvalue weighted by molar-refractivity contribution is 0.174. The maximum atomic E-state index is 9.93. The fourth-order valence-corrected chi connectivity index (χ4v) is 2.70. The van der Waals surface area contributed by atoms with Crippen LogP contribution in [0.5, 0.6) is 28.7 Å². The molecule has 0 radical (unpaired) electrons. The highest BCUT2D eigenvalue weighted by Gasteiger charge is 2.45. The second-order valence-corrected chi connectivity index (χ2v) is 5.17. The van der Waals surface area contributed by atoms with Gasteiger partial charge in [0, 0.05) is 23.3 Å². The van der Waals surface area contributed by atoms with Gasteiger partial charge in [-0.2, -0.15) is 0 Å². The van der Waals surface area contributed by atoms with Gasteiger partial charge in [-0.25, -0.2) is 0 Å². The first-order valence-electron chi connectivity index (χ1n) is 6.82. The third-order valence-corrected chi connectivity index (χ3v) is 3.84. The average molecular weight is 302 g/mol. The number of fused-ring (bicyclic) bond motifs is 1. The van der Waals surface area contributed by atoms with E-state index in [1.165, 1.54) is 12.1 Å². The van der Waals surface area contributed by atoms with Crippen molar-refractivity contribution in [2.75, 3.05) is 13.9 Å². The van der Waals surface area contributed by atoms with E-state index in [-0.39, 0.29) is 30.5 Å². The van der Waals surface area contributed by atoms with Gasteiger partial charge in [0.1, 0.15) is 29.5 Å². The van der Waals surface area contributed by atoms with Crippen LogP contribution in [-0.4, -0.2) is 24.1 Å². The van der Waals surface area contributed by atoms with Crippen LogP contribution >= 0.6 is 0 Å². The largest absolute Gasteiger partial charge is 0.508 e. The second-order valence-electron chi connectivity index (χ2n) is 5.17. The summed E-state index contributed by atoms with van der Waals surface area (Å²) in [5.41, 5.74) is 1.46. The first-order valence-corrected chi connectivity index (χ1v) is 6.82. The maximum absolute atomic E-state index is 9.93. The molecular formula is C16H14O6. The Morgan fingerprint density at radius 1 is 1.00 bits per heavy atom. The Balaban J connectivity index is 1.67. The third kappa shape index (κ3) is 2.00. The molecule has 2 atom stereocenters. The van der Waals surface area contributed by atoms with Gasteiger partial charge in [0.05, 0.1) is 7.11 Å². The van der Waals surface area contributed by atoms with Crippen LogP contribution in [0.3, 0.4) is 0 Å². The van der Waals surface area contributed by atoms with Crippen LogP contribution in [0.2, 0.25) is 0 Å². The molecule has 114 valence electrons.